The Bertz CT molecular complexity index is 829. The number of aliphatic hydroxyl groups excluding tert-OH is 3. The maximum atomic E-state index is 10.4. The van der Waals surface area contributed by atoms with E-state index in [1.807, 2.05) is 0 Å². The molecule has 5 fully saturated rings. The predicted octanol–water partition coefficient (Wildman–Crippen LogP) is -4.10. The van der Waals surface area contributed by atoms with E-state index in [1.165, 1.54) is 128 Å². The minimum atomic E-state index is -5.59. The summed E-state index contributed by atoms with van der Waals surface area (Å²) in [6, 6.07) is 3.14. The maximum Gasteiger partial charge on any atom is 0.191 e. The molecular weight excluding hydrogens is 686 g/mol. The van der Waals surface area contributed by atoms with Gasteiger partial charge in [-0.3, -0.25) is 0 Å². The van der Waals surface area contributed by atoms with Gasteiger partial charge in [0.15, 0.2) is 6.29 Å². The van der Waals surface area contributed by atoms with E-state index in [4.69, 9.17) is 0 Å². The number of hydrogen-bond donors (Lipinski definition) is 7. The van der Waals surface area contributed by atoms with Gasteiger partial charge in [0.05, 0.1) is 46.4 Å². The lowest BCUT2D eigenvalue weighted by Crippen LogP contribution is -2.61. The van der Waals surface area contributed by atoms with Gasteiger partial charge in [0.2, 0.25) is 0 Å². The second-order valence-corrected chi connectivity index (χ2v) is 16.1. The van der Waals surface area contributed by atoms with Crippen molar-refractivity contribution in [1.29, 1.82) is 0 Å². The molecule has 1 heterocycles. The molecular formula is C30H68N4O13P2. The summed E-state index contributed by atoms with van der Waals surface area (Å²) in [7, 11) is -11.0. The molecule has 4 saturated carbocycles. The first kappa shape index (κ1) is 48.9. The van der Waals surface area contributed by atoms with Crippen LogP contribution in [0.3, 0.4) is 0 Å². The highest BCUT2D eigenvalue weighted by Gasteiger charge is 2.44. The molecule has 49 heavy (non-hydrogen) atoms. The zero-order valence-electron chi connectivity index (χ0n) is 29.3. The summed E-state index contributed by atoms with van der Waals surface area (Å²) < 4.78 is 32.8. The van der Waals surface area contributed by atoms with Crippen LogP contribution in [0, 0.1) is 0 Å². The molecule has 0 spiro atoms. The van der Waals surface area contributed by atoms with Crippen molar-refractivity contribution in [1.82, 2.24) is 0 Å². The smallest absolute Gasteiger partial charge is 0.191 e. The van der Waals surface area contributed by atoms with Crippen LogP contribution in [0.4, 0.5) is 0 Å². The van der Waals surface area contributed by atoms with E-state index in [2.05, 4.69) is 36.7 Å². The molecule has 0 aromatic rings. The third kappa shape index (κ3) is 25.5. The Morgan fingerprint density at radius 3 is 1.06 bits per heavy atom. The van der Waals surface area contributed by atoms with Gasteiger partial charge in [0.25, 0.3) is 0 Å². The molecule has 1 saturated heterocycles. The van der Waals surface area contributed by atoms with Crippen LogP contribution in [-0.2, 0) is 22.9 Å². The fourth-order valence-electron chi connectivity index (χ4n) is 6.18. The van der Waals surface area contributed by atoms with Crippen LogP contribution in [0.1, 0.15) is 128 Å². The Morgan fingerprint density at radius 2 is 0.837 bits per heavy atom. The van der Waals surface area contributed by atoms with Crippen LogP contribution in [0.25, 0.3) is 0 Å². The Kier molecular flexibility index (Phi) is 26.5. The van der Waals surface area contributed by atoms with Crippen LogP contribution in [-0.4, -0.2) is 82.3 Å². The first-order valence-electron chi connectivity index (χ1n) is 17.9. The lowest BCUT2D eigenvalue weighted by atomic mass is 9.97. The lowest BCUT2D eigenvalue weighted by Gasteiger charge is -2.44. The summed E-state index contributed by atoms with van der Waals surface area (Å²) in [6.07, 6.45) is 18.3. The van der Waals surface area contributed by atoms with E-state index in [1.54, 1.807) is 0 Å². The molecule has 17 N–H and O–H groups in total. The largest absolute Gasteiger partial charge is 0.790 e. The Labute approximate surface area is 291 Å². The number of phosphoric acid groups is 2. The van der Waals surface area contributed by atoms with Crippen LogP contribution in [0.15, 0.2) is 0 Å². The number of hydrogen-bond acceptors (Lipinski definition) is 12. The van der Waals surface area contributed by atoms with Gasteiger partial charge in [-0.2, -0.15) is 0 Å². The molecule has 0 aromatic heterocycles. The van der Waals surface area contributed by atoms with E-state index in [-0.39, 0.29) is 5.48 Å². The lowest BCUT2D eigenvalue weighted by molar-refractivity contribution is -0.425. The number of rotatable bonds is 5. The molecule has 1 aliphatic heterocycles. The Morgan fingerprint density at radius 1 is 0.531 bits per heavy atom. The average molecular weight is 755 g/mol. The van der Waals surface area contributed by atoms with Crippen molar-refractivity contribution in [2.45, 2.75) is 183 Å². The van der Waals surface area contributed by atoms with Gasteiger partial charge in [-0.1, -0.05) is 25.7 Å². The highest BCUT2D eigenvalue weighted by atomic mass is 31.2. The van der Waals surface area contributed by atoms with Crippen LogP contribution in [0.5, 0.6) is 0 Å². The molecule has 5 aliphatic rings. The molecule has 17 nitrogen and oxygen atoms in total. The van der Waals surface area contributed by atoms with Crippen molar-refractivity contribution in [3.05, 3.63) is 0 Å². The molecule has 0 radical (unpaired) electrons. The standard InChI is InChI=1S/4C6H13N.C6H14O12P2.H2O/c4*7-6-4-2-1-3-5-6;7-3-2(1-16-19(10,11)12)17-6(5(9)4(3)8)18-20(13,14)15;/h4*6H,1-5,7H2;2-9H,1H2,(H2,10,11,12)(H2,13,14,15);1H2/t;;;;2-,3-,4+,5-,6-;/m....1./s1. The van der Waals surface area contributed by atoms with Gasteiger partial charge in [-0.15, -0.1) is 0 Å². The van der Waals surface area contributed by atoms with E-state index in [0.717, 1.165) is 24.2 Å². The minimum absolute atomic E-state index is 0. The molecule has 0 amide bonds. The van der Waals surface area contributed by atoms with Gasteiger partial charge in [0.1, 0.15) is 24.4 Å². The maximum absolute atomic E-state index is 10.4. The topological polar surface area (TPSA) is 357 Å². The second kappa shape index (κ2) is 26.6. The first-order valence-corrected chi connectivity index (χ1v) is 20.8. The highest BCUT2D eigenvalue weighted by molar-refractivity contribution is 7.43. The number of ether oxygens (including phenoxy) is 1. The molecule has 296 valence electrons. The van der Waals surface area contributed by atoms with Crippen molar-refractivity contribution >= 4 is 15.6 Å². The zero-order valence-corrected chi connectivity index (χ0v) is 31.1. The summed E-state index contributed by atoms with van der Waals surface area (Å²) >= 11 is 0. The Hall–Kier alpha value is -0.140. The normalized spacial score (nSPS) is 29.2. The van der Waals surface area contributed by atoms with Crippen LogP contribution < -0.4 is 42.5 Å². The predicted molar refractivity (Wildman–Crippen MR) is 172 cm³/mol. The molecule has 0 unspecified atom stereocenters. The molecule has 0 aromatic carbocycles. The van der Waals surface area contributed by atoms with Gasteiger partial charge in [-0.25, -0.2) is 0 Å². The Balaban J connectivity index is 0.000000651. The van der Waals surface area contributed by atoms with E-state index >= 15 is 0 Å². The molecule has 0 bridgehead atoms. The van der Waals surface area contributed by atoms with E-state index in [9.17, 15) is 44.0 Å². The van der Waals surface area contributed by atoms with Gasteiger partial charge < -0.3 is 86.2 Å². The third-order valence-electron chi connectivity index (χ3n) is 9.20. The summed E-state index contributed by atoms with van der Waals surface area (Å²) in [6.45, 7) is -1.07. The van der Waals surface area contributed by atoms with Crippen molar-refractivity contribution in [2.24, 2.45) is 0 Å². The monoisotopic (exact) mass is 754 g/mol. The van der Waals surface area contributed by atoms with Crippen LogP contribution in [0.2, 0.25) is 0 Å². The SMILES string of the molecule is O.O=P([O-])([O-])OC[C@H]1O[C@H](OP(=O)([O-])[O-])[C@H](O)[C@@H](O)[C@@H]1O.[NH3+]C1CCCCC1.[NH3+]C1CCCCC1.[NH3+]C1CCCCC1.[NH3+]C1CCCCC1. The molecule has 5 atom stereocenters. The van der Waals surface area contributed by atoms with Crippen LogP contribution >= 0.6 is 15.6 Å². The summed E-state index contributed by atoms with van der Waals surface area (Å²) in [5, 5.41) is 28.1. The van der Waals surface area contributed by atoms with Crippen molar-refractivity contribution in [3.63, 3.8) is 0 Å². The zero-order chi connectivity index (χ0) is 36.2. The van der Waals surface area contributed by atoms with E-state index in [0.29, 0.717) is 0 Å². The number of quaternary nitrogens is 4. The van der Waals surface area contributed by atoms with Gasteiger partial charge in [0, 0.05) is 0 Å². The van der Waals surface area contributed by atoms with Crippen molar-refractivity contribution in [3.8, 4) is 0 Å². The molecule has 4 aliphatic carbocycles. The summed E-state index contributed by atoms with van der Waals surface area (Å²) in [5.74, 6) is 0. The summed E-state index contributed by atoms with van der Waals surface area (Å²) in [5.41, 5.74) is 16.0. The number of aliphatic hydroxyl groups is 3. The quantitative estimate of drug-likeness (QED) is 0.132. The second-order valence-electron chi connectivity index (χ2n) is 13.8. The fraction of sp³-hybridized carbons (Fsp3) is 1.00. The van der Waals surface area contributed by atoms with Gasteiger partial charge in [-0.05, 0) is 103 Å². The highest BCUT2D eigenvalue weighted by Crippen LogP contribution is 2.34. The average Bonchev–Trinajstić information content (AvgIpc) is 3.02. The van der Waals surface area contributed by atoms with Crippen molar-refractivity contribution < 1.29 is 86.2 Å². The third-order valence-corrected chi connectivity index (χ3v) is 10.1. The minimum Gasteiger partial charge on any atom is -0.790 e. The van der Waals surface area contributed by atoms with Gasteiger partial charge >= 0.3 is 0 Å². The molecule has 5 rings (SSSR count). The first-order chi connectivity index (χ1) is 22.5. The fourth-order valence-corrected chi connectivity index (χ4v) is 6.94. The summed E-state index contributed by atoms with van der Waals surface area (Å²) in [4.78, 5) is 41.3. The molecule has 19 heteroatoms. The van der Waals surface area contributed by atoms with Crippen molar-refractivity contribution in [2.75, 3.05) is 6.61 Å². The number of phosphoric ester groups is 2. The van der Waals surface area contributed by atoms with E-state index < -0.39 is 53.0 Å².